The fourth-order valence-corrected chi connectivity index (χ4v) is 6.65. The Labute approximate surface area is 282 Å². The Bertz CT molecular complexity index is 1640. The molecule has 0 aromatic carbocycles. The summed E-state index contributed by atoms with van der Waals surface area (Å²) >= 11 is 6.58. The molecule has 2 fully saturated rings. The Morgan fingerprint density at radius 1 is 1.06 bits per heavy atom. The zero-order valence-electron chi connectivity index (χ0n) is 26.8. The first-order chi connectivity index (χ1) is 22.6. The lowest BCUT2D eigenvalue weighted by Crippen LogP contribution is -2.43. The van der Waals surface area contributed by atoms with Gasteiger partial charge in [-0.1, -0.05) is 23.7 Å². The first-order valence-corrected chi connectivity index (χ1v) is 18.3. The number of nitrogens with one attached hydrogen (secondary N) is 4. The van der Waals surface area contributed by atoms with E-state index in [2.05, 4.69) is 43.6 Å². The van der Waals surface area contributed by atoms with Crippen LogP contribution in [-0.2, 0) is 26.1 Å². The van der Waals surface area contributed by atoms with E-state index in [-0.39, 0.29) is 11.9 Å². The van der Waals surface area contributed by atoms with Crippen molar-refractivity contribution in [2.24, 2.45) is 5.41 Å². The van der Waals surface area contributed by atoms with Crippen molar-refractivity contribution in [3.8, 4) is 17.3 Å². The second kappa shape index (κ2) is 16.0. The Morgan fingerprint density at radius 2 is 1.79 bits per heavy atom. The summed E-state index contributed by atoms with van der Waals surface area (Å²) in [6.45, 7) is 4.63. The fourth-order valence-electron chi connectivity index (χ4n) is 5.96. The van der Waals surface area contributed by atoms with Gasteiger partial charge in [0, 0.05) is 49.6 Å². The minimum absolute atomic E-state index is 0.155. The SMILES string of the molecule is C[C@H](COCc1cccc(NS(C)(=O)=O)n1)N[C@H]1CC[C@H](Nc2cc(-c3cccc(NCC4(C#N)CCOCC4)n3)c(Cl)cn2)CC1. The minimum atomic E-state index is -3.38. The average molecular weight is 683 g/mol. The van der Waals surface area contributed by atoms with E-state index in [1.54, 1.807) is 18.3 Å². The molecule has 1 saturated carbocycles. The quantitative estimate of drug-likeness (QED) is 0.176. The van der Waals surface area contributed by atoms with Gasteiger partial charge in [-0.2, -0.15) is 5.26 Å². The van der Waals surface area contributed by atoms with Gasteiger partial charge < -0.3 is 25.4 Å². The topological polar surface area (TPSA) is 163 Å². The van der Waals surface area contributed by atoms with Crippen LogP contribution in [0.4, 0.5) is 17.5 Å². The molecule has 0 amide bonds. The highest BCUT2D eigenvalue weighted by Crippen LogP contribution is 2.32. The second-order valence-electron chi connectivity index (χ2n) is 12.5. The summed E-state index contributed by atoms with van der Waals surface area (Å²) in [7, 11) is -3.38. The van der Waals surface area contributed by atoms with Gasteiger partial charge in [0.05, 0.1) is 47.4 Å². The van der Waals surface area contributed by atoms with Crippen LogP contribution < -0.4 is 20.7 Å². The molecule has 0 spiro atoms. The lowest BCUT2D eigenvalue weighted by Gasteiger charge is -2.32. The monoisotopic (exact) mass is 682 g/mol. The van der Waals surface area contributed by atoms with E-state index in [1.807, 2.05) is 30.3 Å². The number of aromatic nitrogens is 3. The lowest BCUT2D eigenvalue weighted by atomic mass is 9.82. The normalized spacial score (nSPS) is 20.1. The molecule has 252 valence electrons. The standard InChI is InChI=1S/C33H43ClN8O4S/c1-23(19-46-20-26-5-3-8-31(40-26)42-47(2,43)44)38-24-9-11-25(12-10-24)39-32-17-27(28(34)18-36-32)29-6-4-7-30(41-29)37-22-33(21-35)13-15-45-16-14-33/h3-8,17-18,23-25,38H,9-16,19-20,22H2,1-2H3,(H,36,39)(H,37,41)(H,40,42)/t23-,24-,25-/m1/s1. The van der Waals surface area contributed by atoms with E-state index in [1.165, 1.54) is 0 Å². The van der Waals surface area contributed by atoms with Crippen LogP contribution in [0.1, 0.15) is 51.1 Å². The summed E-state index contributed by atoms with van der Waals surface area (Å²) in [4.78, 5) is 13.6. The van der Waals surface area contributed by atoms with Crippen molar-refractivity contribution < 1.29 is 17.9 Å². The third kappa shape index (κ3) is 10.5. The van der Waals surface area contributed by atoms with Crippen LogP contribution in [0.3, 0.4) is 0 Å². The smallest absolute Gasteiger partial charge is 0.230 e. The van der Waals surface area contributed by atoms with E-state index >= 15 is 0 Å². The van der Waals surface area contributed by atoms with Crippen LogP contribution in [0.25, 0.3) is 11.3 Å². The number of rotatable bonds is 14. The van der Waals surface area contributed by atoms with Gasteiger partial charge in [-0.25, -0.2) is 23.4 Å². The molecule has 12 nitrogen and oxygen atoms in total. The Hall–Kier alpha value is -3.54. The predicted molar refractivity (Wildman–Crippen MR) is 184 cm³/mol. The number of ether oxygens (including phenoxy) is 2. The maximum Gasteiger partial charge on any atom is 0.230 e. The minimum Gasteiger partial charge on any atom is -0.381 e. The zero-order valence-corrected chi connectivity index (χ0v) is 28.4. The van der Waals surface area contributed by atoms with Gasteiger partial charge in [-0.3, -0.25) is 4.72 Å². The van der Waals surface area contributed by atoms with Crippen LogP contribution >= 0.6 is 11.6 Å². The predicted octanol–water partition coefficient (Wildman–Crippen LogP) is 5.21. The molecule has 0 bridgehead atoms. The number of anilines is 3. The molecule has 1 atom stereocenters. The van der Waals surface area contributed by atoms with Gasteiger partial charge in [-0.05, 0) is 75.8 Å². The molecule has 3 aromatic rings. The number of nitrogens with zero attached hydrogens (tertiary/aromatic N) is 4. The Morgan fingerprint density at radius 3 is 2.53 bits per heavy atom. The first-order valence-electron chi connectivity index (χ1n) is 16.0. The van der Waals surface area contributed by atoms with Crippen molar-refractivity contribution >= 4 is 39.1 Å². The van der Waals surface area contributed by atoms with Gasteiger partial charge in [0.25, 0.3) is 0 Å². The average Bonchev–Trinajstić information content (AvgIpc) is 3.05. The number of nitriles is 1. The lowest BCUT2D eigenvalue weighted by molar-refractivity contribution is 0.0455. The molecule has 4 N–H and O–H groups in total. The summed E-state index contributed by atoms with van der Waals surface area (Å²) in [5.74, 6) is 1.74. The maximum absolute atomic E-state index is 11.5. The third-order valence-corrected chi connectivity index (χ3v) is 9.37. The highest BCUT2D eigenvalue weighted by atomic mass is 35.5. The highest BCUT2D eigenvalue weighted by Gasteiger charge is 2.32. The molecule has 14 heteroatoms. The van der Waals surface area contributed by atoms with E-state index < -0.39 is 15.4 Å². The molecule has 2 aliphatic rings. The van der Waals surface area contributed by atoms with Gasteiger partial charge in [0.2, 0.25) is 10.0 Å². The van der Waals surface area contributed by atoms with Crippen molar-refractivity contribution in [3.63, 3.8) is 0 Å². The molecule has 4 heterocycles. The molecule has 5 rings (SSSR count). The van der Waals surface area contributed by atoms with Crippen molar-refractivity contribution in [1.82, 2.24) is 20.3 Å². The summed E-state index contributed by atoms with van der Waals surface area (Å²) < 4.78 is 36.6. The van der Waals surface area contributed by atoms with Gasteiger partial charge >= 0.3 is 0 Å². The van der Waals surface area contributed by atoms with Crippen LogP contribution in [0.2, 0.25) is 5.02 Å². The number of halogens is 1. The van der Waals surface area contributed by atoms with E-state index in [9.17, 15) is 13.7 Å². The summed E-state index contributed by atoms with van der Waals surface area (Å²) in [5, 5.41) is 20.9. The van der Waals surface area contributed by atoms with E-state index in [4.69, 9.17) is 26.1 Å². The Balaban J connectivity index is 1.07. The summed E-state index contributed by atoms with van der Waals surface area (Å²) in [6, 6.07) is 16.2. The van der Waals surface area contributed by atoms with Crippen molar-refractivity contribution in [3.05, 3.63) is 59.4 Å². The maximum atomic E-state index is 11.5. The largest absolute Gasteiger partial charge is 0.381 e. The van der Waals surface area contributed by atoms with Gasteiger partial charge in [0.1, 0.15) is 17.5 Å². The van der Waals surface area contributed by atoms with Crippen molar-refractivity contribution in [2.45, 2.75) is 70.2 Å². The summed E-state index contributed by atoms with van der Waals surface area (Å²) in [5.41, 5.74) is 1.75. The van der Waals surface area contributed by atoms with Crippen LogP contribution in [-0.4, -0.2) is 74.1 Å². The number of sulfonamides is 1. The molecule has 1 aliphatic heterocycles. The number of pyridine rings is 3. The van der Waals surface area contributed by atoms with Crippen LogP contribution in [0, 0.1) is 16.7 Å². The van der Waals surface area contributed by atoms with E-state index in [0.29, 0.717) is 74.4 Å². The molecule has 1 saturated heterocycles. The first kappa shape index (κ1) is 34.8. The van der Waals surface area contributed by atoms with Crippen molar-refractivity contribution in [1.29, 1.82) is 5.26 Å². The van der Waals surface area contributed by atoms with Gasteiger partial charge in [-0.15, -0.1) is 0 Å². The number of hydrogen-bond donors (Lipinski definition) is 4. The molecule has 1 aliphatic carbocycles. The van der Waals surface area contributed by atoms with Gasteiger partial charge in [0.15, 0.2) is 0 Å². The number of hydrogen-bond acceptors (Lipinski definition) is 11. The molecule has 0 unspecified atom stereocenters. The molecular weight excluding hydrogens is 640 g/mol. The summed E-state index contributed by atoms with van der Waals surface area (Å²) in [6.07, 6.45) is 8.21. The zero-order chi connectivity index (χ0) is 33.3. The van der Waals surface area contributed by atoms with Crippen LogP contribution in [0.15, 0.2) is 48.7 Å². The van der Waals surface area contributed by atoms with Crippen molar-refractivity contribution in [2.75, 3.05) is 48.0 Å². The highest BCUT2D eigenvalue weighted by molar-refractivity contribution is 7.92. The third-order valence-electron chi connectivity index (χ3n) is 8.49. The van der Waals surface area contributed by atoms with Crippen LogP contribution in [0.5, 0.6) is 0 Å². The fraction of sp³-hybridized carbons (Fsp3) is 0.515. The molecule has 0 radical (unpaired) electrons. The Kier molecular flexibility index (Phi) is 11.9. The second-order valence-corrected chi connectivity index (χ2v) is 14.6. The molecule has 47 heavy (non-hydrogen) atoms. The van der Waals surface area contributed by atoms with E-state index in [0.717, 1.165) is 49.0 Å². The molecule has 3 aromatic heterocycles. The molecular formula is C33H43ClN8O4S.